The van der Waals surface area contributed by atoms with Crippen molar-refractivity contribution in [1.29, 1.82) is 0 Å². The fraction of sp³-hybridized carbons (Fsp3) is 0.344. The maximum atomic E-state index is 13.7. The fourth-order valence-electron chi connectivity index (χ4n) is 6.71. The van der Waals surface area contributed by atoms with Gasteiger partial charge in [0.05, 0.1) is 22.6 Å². The lowest BCUT2D eigenvalue weighted by Gasteiger charge is -2.46. The van der Waals surface area contributed by atoms with E-state index in [1.165, 1.54) is 17.8 Å². The van der Waals surface area contributed by atoms with E-state index < -0.39 is 0 Å². The molecule has 222 valence electrons. The molecule has 3 unspecified atom stereocenters. The Kier molecular flexibility index (Phi) is 7.14. The summed E-state index contributed by atoms with van der Waals surface area (Å²) in [4.78, 5) is 43.5. The normalized spacial score (nSPS) is 24.9. The molecule has 11 heteroatoms. The van der Waals surface area contributed by atoms with Crippen LogP contribution in [0.5, 0.6) is 11.5 Å². The van der Waals surface area contributed by atoms with E-state index in [1.807, 2.05) is 54.3 Å². The molecule has 1 aromatic heterocycles. The minimum absolute atomic E-state index is 0.0282. The summed E-state index contributed by atoms with van der Waals surface area (Å²) < 4.78 is 11.8. The third kappa shape index (κ3) is 4.96. The summed E-state index contributed by atoms with van der Waals surface area (Å²) in [5, 5.41) is 10.7. The summed E-state index contributed by atoms with van der Waals surface area (Å²) in [5.74, 6) is 0.889. The first-order chi connectivity index (χ1) is 20.9. The molecule has 3 aromatic rings. The number of piperidine rings is 2. The molecule has 4 amide bonds. The Morgan fingerprint density at radius 2 is 2.09 bits per heavy atom. The van der Waals surface area contributed by atoms with E-state index >= 15 is 0 Å². The zero-order chi connectivity index (χ0) is 29.7. The number of rotatable bonds is 6. The average molecular weight is 600 g/mol. The Morgan fingerprint density at radius 1 is 1.21 bits per heavy atom. The predicted octanol–water partition coefficient (Wildman–Crippen LogP) is 4.62. The van der Waals surface area contributed by atoms with Gasteiger partial charge in [-0.1, -0.05) is 30.5 Å². The van der Waals surface area contributed by atoms with Gasteiger partial charge in [0.25, 0.3) is 5.91 Å². The number of urea groups is 1. The monoisotopic (exact) mass is 599 g/mol. The maximum absolute atomic E-state index is 13.7. The molecule has 3 fully saturated rings. The molecule has 7 rings (SSSR count). The molecule has 0 saturated carbocycles. The van der Waals surface area contributed by atoms with Gasteiger partial charge in [-0.05, 0) is 74.7 Å². The van der Waals surface area contributed by atoms with Crippen LogP contribution in [0.2, 0.25) is 0 Å². The molecule has 4 atom stereocenters. The topological polar surface area (TPSA) is 116 Å². The third-order valence-electron chi connectivity index (χ3n) is 8.69. The van der Waals surface area contributed by atoms with E-state index in [2.05, 4.69) is 22.5 Å². The van der Waals surface area contributed by atoms with Gasteiger partial charge in [0.2, 0.25) is 5.91 Å². The lowest BCUT2D eigenvalue weighted by molar-refractivity contribution is -0.128. The van der Waals surface area contributed by atoms with Gasteiger partial charge >= 0.3 is 6.03 Å². The van der Waals surface area contributed by atoms with E-state index in [0.717, 1.165) is 42.4 Å². The third-order valence-corrected chi connectivity index (χ3v) is 10.0. The van der Waals surface area contributed by atoms with Crippen LogP contribution in [-0.4, -0.2) is 59.8 Å². The highest BCUT2D eigenvalue weighted by molar-refractivity contribution is 8.04. The van der Waals surface area contributed by atoms with Gasteiger partial charge in [0.1, 0.15) is 5.75 Å². The number of likely N-dealkylation sites (tertiary alicyclic amines) is 1. The van der Waals surface area contributed by atoms with E-state index in [-0.39, 0.29) is 41.2 Å². The van der Waals surface area contributed by atoms with Crippen molar-refractivity contribution in [3.05, 3.63) is 77.5 Å². The molecular weight excluding hydrogens is 566 g/mol. The van der Waals surface area contributed by atoms with Crippen molar-refractivity contribution in [3.8, 4) is 11.5 Å². The second-order valence-electron chi connectivity index (χ2n) is 11.4. The smallest absolute Gasteiger partial charge is 0.326 e. The summed E-state index contributed by atoms with van der Waals surface area (Å²) in [5.41, 5.74) is 3.08. The fourth-order valence-corrected chi connectivity index (χ4v) is 8.11. The molecule has 3 N–H and O–H groups in total. The summed E-state index contributed by atoms with van der Waals surface area (Å²) in [7, 11) is 0. The van der Waals surface area contributed by atoms with Crippen molar-refractivity contribution in [2.75, 3.05) is 24.5 Å². The Bertz CT molecular complexity index is 1670. The number of hydrogen-bond acceptors (Lipinski definition) is 7. The molecule has 2 aromatic carbocycles. The van der Waals surface area contributed by atoms with Gasteiger partial charge in [-0.3, -0.25) is 14.5 Å². The highest BCUT2D eigenvalue weighted by Gasteiger charge is 2.52. The van der Waals surface area contributed by atoms with Crippen molar-refractivity contribution in [3.63, 3.8) is 0 Å². The van der Waals surface area contributed by atoms with Gasteiger partial charge < -0.3 is 30.0 Å². The van der Waals surface area contributed by atoms with Crippen molar-refractivity contribution < 1.29 is 23.5 Å². The lowest BCUT2D eigenvalue weighted by atomic mass is 9.86. The average Bonchev–Trinajstić information content (AvgIpc) is 3.64. The zero-order valence-electron chi connectivity index (χ0n) is 23.8. The number of para-hydroxylation sites is 1. The predicted molar refractivity (Wildman–Crippen MR) is 165 cm³/mol. The van der Waals surface area contributed by atoms with Crippen LogP contribution in [-0.2, 0) is 9.59 Å². The number of hydrogen-bond donors (Lipinski definition) is 3. The van der Waals surface area contributed by atoms with Crippen LogP contribution in [0.15, 0.2) is 76.4 Å². The van der Waals surface area contributed by atoms with Crippen LogP contribution in [0.25, 0.3) is 11.0 Å². The first-order valence-electron chi connectivity index (χ1n) is 14.6. The van der Waals surface area contributed by atoms with Crippen molar-refractivity contribution in [2.45, 2.75) is 43.6 Å². The second-order valence-corrected chi connectivity index (χ2v) is 12.5. The van der Waals surface area contributed by atoms with Crippen LogP contribution < -0.4 is 25.6 Å². The van der Waals surface area contributed by atoms with Crippen molar-refractivity contribution in [1.82, 2.24) is 20.9 Å². The number of thioether (sulfide) groups is 1. The molecule has 0 bridgehead atoms. The van der Waals surface area contributed by atoms with E-state index in [9.17, 15) is 14.4 Å². The molecule has 4 aliphatic rings. The molecule has 43 heavy (non-hydrogen) atoms. The second kappa shape index (κ2) is 11.1. The SMILES string of the molecule is C=CC(=O)N1CCC[C@@H](NC(=O)C2=C3NC(=O)N(c4ccc(Oc5cccc6ccoc56)cc4C)C4CCNC(S2)C34)C1. The molecule has 0 aliphatic carbocycles. The first kappa shape index (κ1) is 27.6. The minimum atomic E-state index is -0.248. The van der Waals surface area contributed by atoms with Crippen LogP contribution in [0.4, 0.5) is 10.5 Å². The molecule has 0 radical (unpaired) electrons. The van der Waals surface area contributed by atoms with Gasteiger partial charge in [-0.25, -0.2) is 4.79 Å². The zero-order valence-corrected chi connectivity index (χ0v) is 24.6. The van der Waals surface area contributed by atoms with E-state index in [4.69, 9.17) is 9.15 Å². The Balaban J connectivity index is 1.11. The van der Waals surface area contributed by atoms with Crippen LogP contribution in [0.3, 0.4) is 0 Å². The molecular formula is C32H33N5O5S. The summed E-state index contributed by atoms with van der Waals surface area (Å²) in [6.45, 7) is 7.40. The van der Waals surface area contributed by atoms with Gasteiger partial charge in [0.15, 0.2) is 11.3 Å². The quantitative estimate of drug-likeness (QED) is 0.354. The minimum Gasteiger partial charge on any atom is -0.460 e. The molecule has 5 heterocycles. The Hall–Kier alpha value is -4.22. The van der Waals surface area contributed by atoms with Crippen molar-refractivity contribution >= 4 is 46.3 Å². The number of ether oxygens (including phenoxy) is 1. The number of benzene rings is 2. The highest BCUT2D eigenvalue weighted by atomic mass is 32.2. The van der Waals surface area contributed by atoms with Gasteiger partial charge in [0, 0.05) is 41.8 Å². The number of aryl methyl sites for hydroxylation is 1. The highest BCUT2D eigenvalue weighted by Crippen LogP contribution is 2.48. The Labute approximate surface area is 253 Å². The molecule has 3 saturated heterocycles. The number of fused-ring (bicyclic) bond motifs is 1. The van der Waals surface area contributed by atoms with Crippen molar-refractivity contribution in [2.24, 2.45) is 5.92 Å². The van der Waals surface area contributed by atoms with Crippen LogP contribution in [0.1, 0.15) is 24.8 Å². The maximum Gasteiger partial charge on any atom is 0.326 e. The van der Waals surface area contributed by atoms with Crippen LogP contribution in [0, 0.1) is 12.8 Å². The first-order valence-corrected chi connectivity index (χ1v) is 15.5. The summed E-state index contributed by atoms with van der Waals surface area (Å²) >= 11 is 1.48. The summed E-state index contributed by atoms with van der Waals surface area (Å²) in [6.07, 6.45) is 5.31. The number of carbonyl (C=O) groups excluding carboxylic acids is 3. The Morgan fingerprint density at radius 3 is 2.93 bits per heavy atom. The molecule has 0 spiro atoms. The standard InChI is InChI=1S/C32H33N5O5S/c1-3-25(38)36-14-5-7-20(17-36)34-30(39)29-27-26-23(11-13-33-31(26)43-29)37(32(40)35-27)22-10-9-21(16-18(22)2)42-24-8-4-6-19-12-15-41-28(19)24/h3-4,6,8-10,12,15-16,20,23,26,31,33H,1,5,7,11,13-14,17H2,2H3,(H,34,39)(H,35,40)/t20-,23?,26?,31?/m1/s1. The summed E-state index contributed by atoms with van der Waals surface area (Å²) in [6, 6.07) is 12.9. The number of nitrogens with one attached hydrogen (secondary N) is 3. The van der Waals surface area contributed by atoms with Gasteiger partial charge in [-0.2, -0.15) is 0 Å². The number of carbonyl (C=O) groups is 3. The van der Waals surface area contributed by atoms with Gasteiger partial charge in [-0.15, -0.1) is 0 Å². The number of amides is 4. The number of furan rings is 1. The number of anilines is 1. The van der Waals surface area contributed by atoms with E-state index in [1.54, 1.807) is 11.2 Å². The lowest BCUT2D eigenvalue weighted by Crippen LogP contribution is -2.62. The van der Waals surface area contributed by atoms with Crippen LogP contribution >= 0.6 is 11.8 Å². The largest absolute Gasteiger partial charge is 0.460 e. The molecule has 4 aliphatic heterocycles. The number of nitrogens with zero attached hydrogens (tertiary/aromatic N) is 2. The van der Waals surface area contributed by atoms with E-state index in [0.29, 0.717) is 40.8 Å². The molecule has 10 nitrogen and oxygen atoms in total.